The molecule has 1 saturated carbocycles. The van der Waals surface area contributed by atoms with Gasteiger partial charge < -0.3 is 15.5 Å². The van der Waals surface area contributed by atoms with Gasteiger partial charge in [0.25, 0.3) is 0 Å². The summed E-state index contributed by atoms with van der Waals surface area (Å²) in [6.45, 7) is 1.14. The van der Waals surface area contributed by atoms with Gasteiger partial charge in [0, 0.05) is 30.5 Å². The van der Waals surface area contributed by atoms with E-state index in [1.807, 2.05) is 36.4 Å². The van der Waals surface area contributed by atoms with Crippen LogP contribution in [-0.2, 0) is 0 Å². The van der Waals surface area contributed by atoms with Crippen molar-refractivity contribution in [3.8, 4) is 11.1 Å². The number of benzene rings is 1. The van der Waals surface area contributed by atoms with Crippen LogP contribution < -0.4 is 10.6 Å². The molecule has 5 heteroatoms. The van der Waals surface area contributed by atoms with Gasteiger partial charge in [0.15, 0.2) is 0 Å². The normalized spacial score (nSPS) is 20.0. The molecule has 0 saturated heterocycles. The fourth-order valence-corrected chi connectivity index (χ4v) is 3.72. The van der Waals surface area contributed by atoms with Gasteiger partial charge in [-0.3, -0.25) is 4.98 Å². The van der Waals surface area contributed by atoms with Crippen LogP contribution in [0.25, 0.3) is 11.1 Å². The lowest BCUT2D eigenvalue weighted by atomic mass is 9.86. The molecule has 2 amide bonds. The minimum Gasteiger partial charge on any atom is -0.335 e. The molecule has 1 heterocycles. The first-order valence-corrected chi connectivity index (χ1v) is 9.33. The first-order chi connectivity index (χ1) is 12.6. The molecule has 0 bridgehead atoms. The average molecular weight is 352 g/mol. The van der Waals surface area contributed by atoms with Gasteiger partial charge in [0.05, 0.1) is 5.69 Å². The van der Waals surface area contributed by atoms with E-state index in [4.69, 9.17) is 0 Å². The summed E-state index contributed by atoms with van der Waals surface area (Å²) < 4.78 is 0. The lowest BCUT2D eigenvalue weighted by Crippen LogP contribution is -2.41. The number of aromatic nitrogens is 1. The molecule has 1 aromatic carbocycles. The highest BCUT2D eigenvalue weighted by Crippen LogP contribution is 2.28. The molecule has 2 N–H and O–H groups in total. The summed E-state index contributed by atoms with van der Waals surface area (Å²) >= 11 is 0. The quantitative estimate of drug-likeness (QED) is 0.855. The molecule has 26 heavy (non-hydrogen) atoms. The van der Waals surface area contributed by atoms with Crippen molar-refractivity contribution in [3.05, 3.63) is 48.8 Å². The third kappa shape index (κ3) is 5.05. The Morgan fingerprint density at radius 3 is 2.46 bits per heavy atom. The minimum absolute atomic E-state index is 0.123. The molecule has 1 fully saturated rings. The number of urea groups is 1. The van der Waals surface area contributed by atoms with E-state index >= 15 is 0 Å². The van der Waals surface area contributed by atoms with Gasteiger partial charge in [0.2, 0.25) is 0 Å². The zero-order chi connectivity index (χ0) is 18.4. The Labute approximate surface area is 155 Å². The first-order valence-electron chi connectivity index (χ1n) is 9.33. The van der Waals surface area contributed by atoms with Crippen LogP contribution >= 0.6 is 0 Å². The van der Waals surface area contributed by atoms with Crippen LogP contribution in [0.3, 0.4) is 0 Å². The summed E-state index contributed by atoms with van der Waals surface area (Å²) in [5.41, 5.74) is 2.86. The predicted molar refractivity (Wildman–Crippen MR) is 106 cm³/mol. The summed E-state index contributed by atoms with van der Waals surface area (Å²) in [5, 5.41) is 6.16. The number of nitrogens with one attached hydrogen (secondary N) is 2. The smallest absolute Gasteiger partial charge is 0.319 e. The van der Waals surface area contributed by atoms with Crippen molar-refractivity contribution >= 4 is 11.7 Å². The van der Waals surface area contributed by atoms with E-state index < -0.39 is 0 Å². The second-order valence-corrected chi connectivity index (χ2v) is 7.36. The molecule has 1 aromatic heterocycles. The van der Waals surface area contributed by atoms with Gasteiger partial charge in [0.1, 0.15) is 0 Å². The van der Waals surface area contributed by atoms with Crippen molar-refractivity contribution in [2.24, 2.45) is 5.92 Å². The maximum Gasteiger partial charge on any atom is 0.319 e. The van der Waals surface area contributed by atoms with Gasteiger partial charge in [-0.05, 0) is 69.5 Å². The molecular weight excluding hydrogens is 324 g/mol. The largest absolute Gasteiger partial charge is 0.335 e. The number of hydrogen-bond acceptors (Lipinski definition) is 3. The van der Waals surface area contributed by atoms with Crippen molar-refractivity contribution in [1.82, 2.24) is 15.2 Å². The highest BCUT2D eigenvalue weighted by molar-refractivity contribution is 5.94. The van der Waals surface area contributed by atoms with Crippen molar-refractivity contribution < 1.29 is 4.79 Å². The molecule has 5 nitrogen and oxygen atoms in total. The fourth-order valence-electron chi connectivity index (χ4n) is 3.72. The Hall–Kier alpha value is -2.40. The Balaban J connectivity index is 1.57. The molecule has 0 atom stereocenters. The second kappa shape index (κ2) is 8.81. The van der Waals surface area contributed by atoms with E-state index in [0.29, 0.717) is 0 Å². The Bertz CT molecular complexity index is 709. The maximum absolute atomic E-state index is 12.5. The van der Waals surface area contributed by atoms with E-state index in [0.717, 1.165) is 42.1 Å². The first kappa shape index (κ1) is 18.4. The van der Waals surface area contributed by atoms with Crippen molar-refractivity contribution in [3.63, 3.8) is 0 Å². The summed E-state index contributed by atoms with van der Waals surface area (Å²) in [7, 11) is 4.25. The summed E-state index contributed by atoms with van der Waals surface area (Å²) in [4.78, 5) is 18.8. The third-order valence-corrected chi connectivity index (χ3v) is 4.97. The highest BCUT2D eigenvalue weighted by Gasteiger charge is 2.23. The number of hydrogen-bond donors (Lipinski definition) is 2. The standard InChI is InChI=1S/C21H28N4O/c1-25(2)15-16-7-9-18(10-8-16)23-21(26)24-20-6-4-3-5-19(20)17-11-13-22-14-12-17/h3-6,11-14,16,18H,7-10,15H2,1-2H3,(H2,23,24,26). The molecule has 0 aliphatic heterocycles. The van der Waals surface area contributed by atoms with Crippen LogP contribution in [0, 0.1) is 5.92 Å². The van der Waals surface area contributed by atoms with Crippen LogP contribution in [0.4, 0.5) is 10.5 Å². The summed E-state index contributed by atoms with van der Waals surface area (Å²) in [5.74, 6) is 0.749. The third-order valence-electron chi connectivity index (χ3n) is 4.97. The molecule has 138 valence electrons. The molecular formula is C21H28N4O. The van der Waals surface area contributed by atoms with E-state index in [2.05, 4.69) is 34.6 Å². The van der Waals surface area contributed by atoms with Crippen molar-refractivity contribution in [1.29, 1.82) is 0 Å². The maximum atomic E-state index is 12.5. The number of pyridine rings is 1. The van der Waals surface area contributed by atoms with E-state index in [1.54, 1.807) is 12.4 Å². The van der Waals surface area contributed by atoms with Gasteiger partial charge in [-0.15, -0.1) is 0 Å². The number of nitrogens with zero attached hydrogens (tertiary/aromatic N) is 2. The number of amides is 2. The number of carbonyl (C=O) groups excluding carboxylic acids is 1. The van der Waals surface area contributed by atoms with Gasteiger partial charge >= 0.3 is 6.03 Å². The lowest BCUT2D eigenvalue weighted by molar-refractivity contribution is 0.223. The Kier molecular flexibility index (Phi) is 6.23. The van der Waals surface area contributed by atoms with Crippen LogP contribution in [0.15, 0.2) is 48.8 Å². The van der Waals surface area contributed by atoms with Crippen LogP contribution in [0.1, 0.15) is 25.7 Å². The summed E-state index contributed by atoms with van der Waals surface area (Å²) in [6.07, 6.45) is 7.99. The zero-order valence-corrected chi connectivity index (χ0v) is 15.6. The average Bonchev–Trinajstić information content (AvgIpc) is 2.64. The Morgan fingerprint density at radius 2 is 1.77 bits per heavy atom. The number of rotatable bonds is 5. The molecule has 0 radical (unpaired) electrons. The predicted octanol–water partition coefficient (Wildman–Crippen LogP) is 3.99. The molecule has 1 aliphatic carbocycles. The van der Waals surface area contributed by atoms with Crippen molar-refractivity contribution in [2.75, 3.05) is 26.0 Å². The number of carbonyl (C=O) groups is 1. The fraction of sp³-hybridized carbons (Fsp3) is 0.429. The second-order valence-electron chi connectivity index (χ2n) is 7.36. The highest BCUT2D eigenvalue weighted by atomic mass is 16.2. The van der Waals surface area contributed by atoms with E-state index in [9.17, 15) is 4.79 Å². The van der Waals surface area contributed by atoms with Gasteiger partial charge in [-0.2, -0.15) is 0 Å². The van der Waals surface area contributed by atoms with Crippen LogP contribution in [0.5, 0.6) is 0 Å². The van der Waals surface area contributed by atoms with Crippen LogP contribution in [0.2, 0.25) is 0 Å². The molecule has 3 rings (SSSR count). The van der Waals surface area contributed by atoms with Gasteiger partial charge in [-0.1, -0.05) is 18.2 Å². The zero-order valence-electron chi connectivity index (χ0n) is 15.6. The van der Waals surface area contributed by atoms with Gasteiger partial charge in [-0.25, -0.2) is 4.79 Å². The van der Waals surface area contributed by atoms with Crippen LogP contribution in [-0.4, -0.2) is 42.6 Å². The molecule has 1 aliphatic rings. The monoisotopic (exact) mass is 352 g/mol. The number of anilines is 1. The molecule has 0 spiro atoms. The topological polar surface area (TPSA) is 57.3 Å². The Morgan fingerprint density at radius 1 is 1.08 bits per heavy atom. The summed E-state index contributed by atoms with van der Waals surface area (Å²) in [6, 6.07) is 11.9. The van der Waals surface area contributed by atoms with E-state index in [-0.39, 0.29) is 12.1 Å². The minimum atomic E-state index is -0.123. The SMILES string of the molecule is CN(C)CC1CCC(NC(=O)Nc2ccccc2-c2ccncc2)CC1. The van der Waals surface area contributed by atoms with E-state index in [1.165, 1.54) is 12.8 Å². The van der Waals surface area contributed by atoms with Crippen molar-refractivity contribution in [2.45, 2.75) is 31.7 Å². The number of para-hydroxylation sites is 1. The molecule has 0 unspecified atom stereocenters. The molecule has 2 aromatic rings. The lowest BCUT2D eigenvalue weighted by Gasteiger charge is -2.30.